The lowest BCUT2D eigenvalue weighted by Crippen LogP contribution is -2.52. The number of benzene rings is 2. The molecule has 2 aliphatic rings. The molecule has 0 unspecified atom stereocenters. The van der Waals surface area contributed by atoms with Gasteiger partial charge in [-0.25, -0.2) is 14.4 Å². The molecule has 3 heterocycles. The molecule has 0 radical (unpaired) electrons. The number of amides is 1. The number of aliphatic hydroxyl groups is 1. The average Bonchev–Trinajstić information content (AvgIpc) is 3.75. The number of primary amides is 1. The maximum absolute atomic E-state index is 14.3. The van der Waals surface area contributed by atoms with Crippen molar-refractivity contribution in [2.75, 3.05) is 13.7 Å². The molecule has 1 amide bonds. The first kappa shape index (κ1) is 27.9. The van der Waals surface area contributed by atoms with E-state index >= 15 is 0 Å². The van der Waals surface area contributed by atoms with E-state index in [0.29, 0.717) is 40.8 Å². The van der Waals surface area contributed by atoms with E-state index in [4.69, 9.17) is 20.9 Å². The highest BCUT2D eigenvalue weighted by Crippen LogP contribution is 2.53. The summed E-state index contributed by atoms with van der Waals surface area (Å²) in [5.41, 5.74) is 7.80. The summed E-state index contributed by atoms with van der Waals surface area (Å²) in [6.07, 6.45) is -3.73. The lowest BCUT2D eigenvalue weighted by molar-refractivity contribution is -0.191. The van der Waals surface area contributed by atoms with Gasteiger partial charge in [-0.1, -0.05) is 6.07 Å². The number of nitrogens with zero attached hydrogens (tertiary/aromatic N) is 2. The Morgan fingerprint density at radius 2 is 1.83 bits per heavy atom. The van der Waals surface area contributed by atoms with Crippen LogP contribution in [-0.2, 0) is 17.6 Å². The molecule has 2 atom stereocenters. The van der Waals surface area contributed by atoms with Gasteiger partial charge in [0.25, 0.3) is 0 Å². The maximum atomic E-state index is 14.3. The highest BCUT2D eigenvalue weighted by atomic mass is 19.4. The second kappa shape index (κ2) is 9.63. The smallest absolute Gasteiger partial charge is 0.414 e. The molecule has 2 aromatic heterocycles. The SMILES string of the molecule is COc1cc(C(N)=O)cc2ccc(C[C@@](O)(c3cc4c(c(-c5ccc(F)cc5)n3)OC[C@@]4(N)C(F)(F)F)C3CC3)nc12. The fourth-order valence-electron chi connectivity index (χ4n) is 5.45. The third-order valence-corrected chi connectivity index (χ3v) is 7.99. The van der Waals surface area contributed by atoms with Crippen LogP contribution in [0, 0.1) is 11.7 Å². The van der Waals surface area contributed by atoms with Gasteiger partial charge in [-0.2, -0.15) is 13.2 Å². The monoisotopic (exact) mass is 582 g/mol. The summed E-state index contributed by atoms with van der Waals surface area (Å²) < 4.78 is 67.4. The minimum atomic E-state index is -4.87. The number of nitrogens with two attached hydrogens (primary N) is 2. The lowest BCUT2D eigenvalue weighted by atomic mass is 9.83. The topological polar surface area (TPSA) is 134 Å². The number of hydrogen-bond acceptors (Lipinski definition) is 7. The van der Waals surface area contributed by atoms with Gasteiger partial charge in [-0.15, -0.1) is 0 Å². The lowest BCUT2D eigenvalue weighted by Gasteiger charge is -2.31. The van der Waals surface area contributed by atoms with Gasteiger partial charge in [-0.05, 0) is 67.3 Å². The number of methoxy groups -OCH3 is 1. The Labute approximate surface area is 237 Å². The predicted molar refractivity (Wildman–Crippen MR) is 144 cm³/mol. The van der Waals surface area contributed by atoms with Crippen LogP contribution in [0.15, 0.2) is 54.6 Å². The minimum absolute atomic E-state index is 0.0188. The molecular formula is C30H26F4N4O4. The Balaban J connectivity index is 1.50. The number of carbonyl (C=O) groups is 1. The van der Waals surface area contributed by atoms with Gasteiger partial charge in [-0.3, -0.25) is 4.79 Å². The summed E-state index contributed by atoms with van der Waals surface area (Å²) in [6.45, 7) is -0.869. The summed E-state index contributed by atoms with van der Waals surface area (Å²) in [6, 6.07) is 12.6. The Hall–Kier alpha value is -4.29. The van der Waals surface area contributed by atoms with Crippen LogP contribution in [0.5, 0.6) is 11.5 Å². The van der Waals surface area contributed by atoms with E-state index in [1.54, 1.807) is 18.2 Å². The molecular weight excluding hydrogens is 556 g/mol. The van der Waals surface area contributed by atoms with Crippen LogP contribution in [0.2, 0.25) is 0 Å². The van der Waals surface area contributed by atoms with Crippen molar-refractivity contribution >= 4 is 16.8 Å². The highest BCUT2D eigenvalue weighted by molar-refractivity contribution is 5.99. The maximum Gasteiger partial charge on any atom is 0.414 e. The van der Waals surface area contributed by atoms with Crippen LogP contribution in [0.4, 0.5) is 17.6 Å². The molecule has 6 rings (SSSR count). The average molecular weight is 583 g/mol. The third-order valence-electron chi connectivity index (χ3n) is 7.99. The number of rotatable bonds is 7. The summed E-state index contributed by atoms with van der Waals surface area (Å²) in [4.78, 5) is 21.0. The number of pyridine rings is 2. The summed E-state index contributed by atoms with van der Waals surface area (Å²) in [5.74, 6) is -1.36. The molecule has 0 bridgehead atoms. The predicted octanol–water partition coefficient (Wildman–Crippen LogP) is 4.49. The summed E-state index contributed by atoms with van der Waals surface area (Å²) in [7, 11) is 1.42. The Morgan fingerprint density at radius 3 is 2.45 bits per heavy atom. The first-order valence-corrected chi connectivity index (χ1v) is 13.1. The van der Waals surface area contributed by atoms with Gasteiger partial charge in [0.05, 0.1) is 12.8 Å². The number of alkyl halides is 3. The largest absolute Gasteiger partial charge is 0.494 e. The van der Waals surface area contributed by atoms with Crippen molar-refractivity contribution in [1.82, 2.24) is 9.97 Å². The Kier molecular flexibility index (Phi) is 6.39. The molecule has 42 heavy (non-hydrogen) atoms. The van der Waals surface area contributed by atoms with Gasteiger partial charge >= 0.3 is 6.18 Å². The van der Waals surface area contributed by atoms with E-state index in [1.165, 1.54) is 31.4 Å². The standard InChI is InChI=1S/C30H26F4N4O4/c1-41-22-11-17(27(35)39)10-16-4-9-20(37-24(16)22)13-28(40,18-5-6-18)23-12-21-26(42-14-29(21,36)30(32,33)34)25(38-23)15-2-7-19(31)8-3-15/h2-4,7-12,18,40H,5-6,13-14,36H2,1H3,(H2,35,39)/t28-,29-/m0/s1. The van der Waals surface area contributed by atoms with Crippen LogP contribution in [0.3, 0.4) is 0 Å². The molecule has 218 valence electrons. The molecule has 12 heteroatoms. The zero-order valence-electron chi connectivity index (χ0n) is 22.3. The summed E-state index contributed by atoms with van der Waals surface area (Å²) in [5, 5.41) is 12.8. The molecule has 1 saturated carbocycles. The first-order chi connectivity index (χ1) is 19.8. The second-order valence-electron chi connectivity index (χ2n) is 10.8. The van der Waals surface area contributed by atoms with E-state index in [2.05, 4.69) is 9.97 Å². The fraction of sp³-hybridized carbons (Fsp3) is 0.300. The molecule has 8 nitrogen and oxygen atoms in total. The van der Waals surface area contributed by atoms with Crippen LogP contribution in [-0.4, -0.2) is 40.9 Å². The minimum Gasteiger partial charge on any atom is -0.494 e. The van der Waals surface area contributed by atoms with E-state index < -0.39 is 35.6 Å². The van der Waals surface area contributed by atoms with Crippen molar-refractivity contribution in [3.05, 3.63) is 82.9 Å². The van der Waals surface area contributed by atoms with Gasteiger partial charge in [0.2, 0.25) is 5.91 Å². The van der Waals surface area contributed by atoms with Crippen molar-refractivity contribution in [2.24, 2.45) is 17.4 Å². The molecule has 4 aromatic rings. The van der Waals surface area contributed by atoms with Gasteiger partial charge < -0.3 is 26.0 Å². The number of fused-ring (bicyclic) bond motifs is 2. The molecule has 1 aliphatic heterocycles. The quantitative estimate of drug-likeness (QED) is 0.274. The molecule has 1 aliphatic carbocycles. The number of ether oxygens (including phenoxy) is 2. The van der Waals surface area contributed by atoms with E-state index in [0.717, 1.165) is 12.1 Å². The molecule has 2 aromatic carbocycles. The first-order valence-electron chi connectivity index (χ1n) is 13.1. The van der Waals surface area contributed by atoms with Crippen molar-refractivity contribution in [3.8, 4) is 22.8 Å². The van der Waals surface area contributed by atoms with Gasteiger partial charge in [0.15, 0.2) is 11.3 Å². The number of aromatic nitrogens is 2. The third kappa shape index (κ3) is 4.51. The number of halogens is 4. The second-order valence-corrected chi connectivity index (χ2v) is 10.8. The van der Waals surface area contributed by atoms with Gasteiger partial charge in [0.1, 0.15) is 35.0 Å². The molecule has 0 saturated heterocycles. The van der Waals surface area contributed by atoms with Crippen molar-refractivity contribution in [2.45, 2.75) is 36.6 Å². The molecule has 0 spiro atoms. The van der Waals surface area contributed by atoms with Crippen LogP contribution in [0.1, 0.15) is 40.2 Å². The summed E-state index contributed by atoms with van der Waals surface area (Å²) >= 11 is 0. The van der Waals surface area contributed by atoms with Crippen LogP contribution >= 0.6 is 0 Å². The van der Waals surface area contributed by atoms with Gasteiger partial charge in [0, 0.05) is 34.2 Å². The Bertz CT molecular complexity index is 1730. The zero-order chi connectivity index (χ0) is 30.0. The van der Waals surface area contributed by atoms with Crippen LogP contribution in [0.25, 0.3) is 22.2 Å². The highest BCUT2D eigenvalue weighted by Gasteiger charge is 2.59. The van der Waals surface area contributed by atoms with Crippen molar-refractivity contribution < 1.29 is 36.9 Å². The van der Waals surface area contributed by atoms with E-state index in [9.17, 15) is 27.5 Å². The van der Waals surface area contributed by atoms with Crippen LogP contribution < -0.4 is 20.9 Å². The molecule has 5 N–H and O–H groups in total. The zero-order valence-corrected chi connectivity index (χ0v) is 22.3. The van der Waals surface area contributed by atoms with Crippen molar-refractivity contribution in [1.29, 1.82) is 0 Å². The van der Waals surface area contributed by atoms with Crippen molar-refractivity contribution in [3.63, 3.8) is 0 Å². The number of carbonyl (C=O) groups excluding carboxylic acids is 1. The Morgan fingerprint density at radius 1 is 1.12 bits per heavy atom. The normalized spacial score (nSPS) is 19.7. The number of hydrogen-bond donors (Lipinski definition) is 3. The fourth-order valence-corrected chi connectivity index (χ4v) is 5.45. The molecule has 1 fully saturated rings. The van der Waals surface area contributed by atoms with E-state index in [1.807, 2.05) is 0 Å². The van der Waals surface area contributed by atoms with E-state index in [-0.39, 0.29) is 40.6 Å².